The molecule has 0 saturated heterocycles. The molecule has 1 aliphatic rings. The first-order valence-electron chi connectivity index (χ1n) is 22.4. The van der Waals surface area contributed by atoms with E-state index in [9.17, 15) is 0 Å². The van der Waals surface area contributed by atoms with Gasteiger partial charge in [-0.3, -0.25) is 4.57 Å². The van der Waals surface area contributed by atoms with Crippen molar-refractivity contribution in [1.82, 2.24) is 19.5 Å². The minimum Gasteiger partial charge on any atom is -0.277 e. The van der Waals surface area contributed by atoms with E-state index < -0.39 is 0 Å². The summed E-state index contributed by atoms with van der Waals surface area (Å²) in [7, 11) is 0. The zero-order valence-corrected chi connectivity index (χ0v) is 36.3. The molecule has 0 fully saturated rings. The summed E-state index contributed by atoms with van der Waals surface area (Å²) in [4.78, 5) is 16.4. The Morgan fingerprint density at radius 1 is 0.375 bits per heavy atom. The van der Waals surface area contributed by atoms with Gasteiger partial charge < -0.3 is 0 Å². The number of hydrogen-bond acceptors (Lipinski definition) is 3. The van der Waals surface area contributed by atoms with Crippen molar-refractivity contribution in [2.45, 2.75) is 33.1 Å². The monoisotopic (exact) mass is 820 g/mol. The van der Waals surface area contributed by atoms with Gasteiger partial charge in [-0.25, -0.2) is 4.98 Å². The Kier molecular flexibility index (Phi) is 8.60. The summed E-state index contributed by atoms with van der Waals surface area (Å²) in [5.74, 6) is 1.82. The maximum absolute atomic E-state index is 5.53. The molecule has 0 bridgehead atoms. The molecule has 0 amide bonds. The van der Waals surface area contributed by atoms with Crippen LogP contribution in [0.2, 0.25) is 0 Å². The number of fused-ring (bicyclic) bond motifs is 13. The van der Waals surface area contributed by atoms with Crippen molar-refractivity contribution < 1.29 is 0 Å². The van der Waals surface area contributed by atoms with Crippen LogP contribution in [-0.2, 0) is 5.41 Å². The predicted octanol–water partition coefficient (Wildman–Crippen LogP) is 15.9. The van der Waals surface area contributed by atoms with E-state index in [0.717, 1.165) is 49.3 Å². The highest BCUT2D eigenvalue weighted by Crippen LogP contribution is 2.53. The zero-order valence-electron chi connectivity index (χ0n) is 36.3. The highest BCUT2D eigenvalue weighted by Gasteiger charge is 2.37. The smallest absolute Gasteiger partial charge is 0.238 e. The van der Waals surface area contributed by atoms with Gasteiger partial charge in [0, 0.05) is 38.3 Å². The summed E-state index contributed by atoms with van der Waals surface area (Å²) in [5, 5.41) is 11.7. The average Bonchev–Trinajstić information content (AvgIpc) is 3.84. The topological polar surface area (TPSA) is 43.6 Å². The Balaban J connectivity index is 0.00000214. The summed E-state index contributed by atoms with van der Waals surface area (Å²) >= 11 is 0. The first-order valence-corrected chi connectivity index (χ1v) is 22.4. The van der Waals surface area contributed by atoms with Crippen molar-refractivity contribution in [3.8, 4) is 51.0 Å². The summed E-state index contributed by atoms with van der Waals surface area (Å²) in [6, 6.07) is 70.1. The van der Waals surface area contributed by atoms with Crippen molar-refractivity contribution in [1.29, 1.82) is 0 Å². The fourth-order valence-electron chi connectivity index (χ4n) is 10.5. The maximum atomic E-state index is 5.53. The molecule has 4 heteroatoms. The Labute approximate surface area is 372 Å². The maximum Gasteiger partial charge on any atom is 0.238 e. The van der Waals surface area contributed by atoms with Crippen molar-refractivity contribution in [2.75, 3.05) is 0 Å². The zero-order chi connectivity index (χ0) is 43.1. The summed E-state index contributed by atoms with van der Waals surface area (Å²) < 4.78 is 2.36. The van der Waals surface area contributed by atoms with Gasteiger partial charge in [-0.15, -0.1) is 0 Å². The van der Waals surface area contributed by atoms with Gasteiger partial charge in [-0.05, 0) is 77.7 Å². The van der Waals surface area contributed by atoms with Crippen molar-refractivity contribution in [3.05, 3.63) is 205 Å². The molecule has 0 radical (unpaired) electrons. The van der Waals surface area contributed by atoms with E-state index in [-0.39, 0.29) is 5.41 Å². The molecule has 304 valence electrons. The molecule has 0 atom stereocenters. The van der Waals surface area contributed by atoms with Gasteiger partial charge in [-0.2, -0.15) is 9.97 Å². The lowest BCUT2D eigenvalue weighted by Crippen LogP contribution is -2.14. The van der Waals surface area contributed by atoms with E-state index in [4.69, 9.17) is 15.0 Å². The Bertz CT molecular complexity index is 3760. The third kappa shape index (κ3) is 5.58. The Morgan fingerprint density at radius 2 is 0.859 bits per heavy atom. The van der Waals surface area contributed by atoms with Crippen LogP contribution in [0.15, 0.2) is 194 Å². The number of rotatable bonds is 4. The van der Waals surface area contributed by atoms with Crippen LogP contribution in [0.3, 0.4) is 0 Å². The molecule has 10 aromatic carbocycles. The van der Waals surface area contributed by atoms with Crippen molar-refractivity contribution in [2.24, 2.45) is 0 Å². The normalized spacial score (nSPS) is 12.8. The second-order valence-electron chi connectivity index (χ2n) is 17.2. The number of benzene rings is 10. The predicted molar refractivity (Wildman–Crippen MR) is 269 cm³/mol. The fourth-order valence-corrected chi connectivity index (χ4v) is 10.5. The van der Waals surface area contributed by atoms with Crippen LogP contribution in [0.5, 0.6) is 0 Å². The van der Waals surface area contributed by atoms with Crippen LogP contribution in [0.1, 0.15) is 38.8 Å². The van der Waals surface area contributed by atoms with Gasteiger partial charge >= 0.3 is 0 Å². The van der Waals surface area contributed by atoms with Gasteiger partial charge in [0.2, 0.25) is 5.95 Å². The van der Waals surface area contributed by atoms with Crippen LogP contribution in [0.4, 0.5) is 0 Å². The molecule has 0 unspecified atom stereocenters. The largest absolute Gasteiger partial charge is 0.277 e. The molecular weight excluding hydrogens is 777 g/mol. The van der Waals surface area contributed by atoms with Crippen LogP contribution >= 0.6 is 0 Å². The van der Waals surface area contributed by atoms with E-state index in [1.54, 1.807) is 0 Å². The number of nitrogens with zero attached hydrogens (tertiary/aromatic N) is 4. The summed E-state index contributed by atoms with van der Waals surface area (Å²) in [6.07, 6.45) is 0. The molecule has 0 N–H and O–H groups in total. The molecule has 2 aromatic heterocycles. The quantitative estimate of drug-likeness (QED) is 0.166. The SMILES string of the molecule is CC.CC1(C)c2ccccc2-c2c(-c3cccc4c5c6ccccc6c6ccccc6c5n(-c5nc(-c6ccc7ccccc7c6)nc(-c6ccc7ccccc7c6)n5)c34)cccc21. The van der Waals surface area contributed by atoms with Gasteiger partial charge in [0.05, 0.1) is 11.0 Å². The summed E-state index contributed by atoms with van der Waals surface area (Å²) in [6.45, 7) is 8.70. The van der Waals surface area contributed by atoms with E-state index in [0.29, 0.717) is 17.6 Å². The second-order valence-corrected chi connectivity index (χ2v) is 17.2. The lowest BCUT2D eigenvalue weighted by Gasteiger charge is -2.21. The molecule has 2 heterocycles. The van der Waals surface area contributed by atoms with Crippen LogP contribution in [0, 0.1) is 0 Å². The summed E-state index contributed by atoms with van der Waals surface area (Å²) in [5.41, 5.74) is 11.5. The Morgan fingerprint density at radius 3 is 1.53 bits per heavy atom. The average molecular weight is 821 g/mol. The highest BCUT2D eigenvalue weighted by atomic mass is 15.2. The van der Waals surface area contributed by atoms with E-state index in [1.165, 1.54) is 60.1 Å². The Hall–Kier alpha value is -7.95. The third-order valence-corrected chi connectivity index (χ3v) is 13.4. The molecule has 0 aliphatic heterocycles. The lowest BCUT2D eigenvalue weighted by molar-refractivity contribution is 0.660. The van der Waals surface area contributed by atoms with Crippen LogP contribution < -0.4 is 0 Å². The minimum absolute atomic E-state index is 0.146. The van der Waals surface area contributed by atoms with Crippen molar-refractivity contribution >= 4 is 64.9 Å². The second kappa shape index (κ2) is 14.6. The van der Waals surface area contributed by atoms with Gasteiger partial charge in [0.15, 0.2) is 11.6 Å². The lowest BCUT2D eigenvalue weighted by atomic mass is 9.82. The van der Waals surface area contributed by atoms with Crippen LogP contribution in [0.25, 0.3) is 116 Å². The first kappa shape index (κ1) is 37.8. The van der Waals surface area contributed by atoms with E-state index >= 15 is 0 Å². The van der Waals surface area contributed by atoms with Gasteiger partial charge in [0.1, 0.15) is 0 Å². The standard InChI is InChI=1S/C58H38N4.C2H6/c1-58(2)49-27-12-11-23-47(49)51-44(24-14-28-50(51)58)46-25-13-26-48-52-43-21-9-7-19-41(43)42-20-8-10-22-45(42)54(52)62(53(46)48)57-60-55(39-31-29-35-15-3-5-17-37(35)33-39)59-56(61-57)40-32-30-36-16-4-6-18-38(36)34-40;1-2/h3-34H,1-2H3;1-2H3. The molecule has 12 aromatic rings. The minimum atomic E-state index is -0.146. The van der Waals surface area contributed by atoms with E-state index in [1.807, 2.05) is 13.8 Å². The molecule has 0 saturated carbocycles. The van der Waals surface area contributed by atoms with E-state index in [2.05, 4.69) is 213 Å². The third-order valence-electron chi connectivity index (χ3n) is 13.4. The molecule has 64 heavy (non-hydrogen) atoms. The number of aromatic nitrogens is 4. The molecule has 0 spiro atoms. The number of hydrogen-bond donors (Lipinski definition) is 0. The molecule has 4 nitrogen and oxygen atoms in total. The molecule has 1 aliphatic carbocycles. The van der Waals surface area contributed by atoms with Crippen molar-refractivity contribution in [3.63, 3.8) is 0 Å². The van der Waals surface area contributed by atoms with Gasteiger partial charge in [0.25, 0.3) is 0 Å². The van der Waals surface area contributed by atoms with Crippen LogP contribution in [-0.4, -0.2) is 19.5 Å². The number of para-hydroxylation sites is 1. The molecule has 13 rings (SSSR count). The van der Waals surface area contributed by atoms with Gasteiger partial charge in [-0.1, -0.05) is 210 Å². The molecular formula is C60H44N4. The first-order chi connectivity index (χ1) is 31.5. The highest BCUT2D eigenvalue weighted by molar-refractivity contribution is 6.33. The fraction of sp³-hybridized carbons (Fsp3) is 0.0833.